The van der Waals surface area contributed by atoms with Crippen LogP contribution in [0.3, 0.4) is 0 Å². The van der Waals surface area contributed by atoms with Crippen LogP contribution < -0.4 is 4.90 Å². The van der Waals surface area contributed by atoms with Crippen molar-refractivity contribution in [1.29, 1.82) is 0 Å². The average Bonchev–Trinajstić information content (AvgIpc) is 2.89. The highest BCUT2D eigenvalue weighted by Gasteiger charge is 2.12. The van der Waals surface area contributed by atoms with Crippen LogP contribution in [-0.4, -0.2) is 35.7 Å². The van der Waals surface area contributed by atoms with E-state index in [2.05, 4.69) is 33.8 Å². The van der Waals surface area contributed by atoms with Gasteiger partial charge in [-0.15, -0.1) is 6.58 Å². The summed E-state index contributed by atoms with van der Waals surface area (Å²) >= 11 is 0. The van der Waals surface area contributed by atoms with Crippen LogP contribution >= 0.6 is 0 Å². The fourth-order valence-corrected chi connectivity index (χ4v) is 1.89. The first-order chi connectivity index (χ1) is 9.69. The molecule has 0 unspecified atom stereocenters. The van der Waals surface area contributed by atoms with E-state index in [-0.39, 0.29) is 0 Å². The molecule has 0 N–H and O–H groups in total. The molecule has 2 aromatic rings. The Kier molecular flexibility index (Phi) is 4.90. The Bertz CT molecular complexity index is 536. The van der Waals surface area contributed by atoms with Crippen molar-refractivity contribution in [3.8, 4) is 0 Å². The molecule has 1 heterocycles. The summed E-state index contributed by atoms with van der Waals surface area (Å²) in [6.45, 7) is 6.01. The van der Waals surface area contributed by atoms with E-state index in [9.17, 15) is 0 Å². The Hall–Kier alpha value is -2.14. The number of hydrogen-bond acceptors (Lipinski definition) is 5. The fraction of sp³-hybridized carbons (Fsp3) is 0.333. The molecule has 5 nitrogen and oxygen atoms in total. The van der Waals surface area contributed by atoms with Crippen molar-refractivity contribution in [2.24, 2.45) is 0 Å². The van der Waals surface area contributed by atoms with E-state index in [0.717, 1.165) is 13.1 Å². The molecule has 0 aliphatic rings. The normalized spacial score (nSPS) is 10.8. The van der Waals surface area contributed by atoms with Crippen LogP contribution in [0.2, 0.25) is 0 Å². The summed E-state index contributed by atoms with van der Waals surface area (Å²) in [6, 6.07) is 10.3. The first-order valence-corrected chi connectivity index (χ1v) is 6.56. The molecule has 0 spiro atoms. The van der Waals surface area contributed by atoms with Crippen LogP contribution in [-0.2, 0) is 13.1 Å². The molecule has 0 bridgehead atoms. The maximum atomic E-state index is 5.26. The zero-order valence-electron chi connectivity index (χ0n) is 12.0. The van der Waals surface area contributed by atoms with E-state index in [4.69, 9.17) is 4.52 Å². The van der Waals surface area contributed by atoms with Gasteiger partial charge in [0, 0.05) is 27.2 Å². The van der Waals surface area contributed by atoms with Gasteiger partial charge in [0.25, 0.3) is 5.95 Å². The minimum atomic E-state index is 0.596. The first-order valence-electron chi connectivity index (χ1n) is 6.56. The van der Waals surface area contributed by atoms with E-state index >= 15 is 0 Å². The second-order valence-electron chi connectivity index (χ2n) is 4.83. The van der Waals surface area contributed by atoms with Gasteiger partial charge in [0.05, 0.1) is 6.54 Å². The standard InChI is InChI=1S/C15H20N4O/c1-4-10-19(11-13-8-6-5-7-9-13)12-14-16-15(17-20-14)18(2)3/h4-9H,1,10-12H2,2-3H3. The van der Waals surface area contributed by atoms with Crippen LogP contribution in [0.4, 0.5) is 5.95 Å². The maximum absolute atomic E-state index is 5.26. The number of rotatable bonds is 7. The van der Waals surface area contributed by atoms with Crippen molar-refractivity contribution in [2.75, 3.05) is 25.5 Å². The molecule has 106 valence electrons. The largest absolute Gasteiger partial charge is 0.344 e. The van der Waals surface area contributed by atoms with Gasteiger partial charge in [-0.25, -0.2) is 0 Å². The lowest BCUT2D eigenvalue weighted by atomic mass is 10.2. The molecule has 20 heavy (non-hydrogen) atoms. The zero-order chi connectivity index (χ0) is 14.4. The Morgan fingerprint density at radius 1 is 1.20 bits per heavy atom. The minimum Gasteiger partial charge on any atom is -0.344 e. The van der Waals surface area contributed by atoms with Crippen LogP contribution in [0.1, 0.15) is 11.5 Å². The third-order valence-electron chi connectivity index (χ3n) is 2.85. The summed E-state index contributed by atoms with van der Waals surface area (Å²) < 4.78 is 5.26. The Labute approximate surface area is 119 Å². The van der Waals surface area contributed by atoms with Gasteiger partial charge in [-0.2, -0.15) is 4.98 Å². The van der Waals surface area contributed by atoms with Crippen molar-refractivity contribution in [3.05, 3.63) is 54.4 Å². The highest BCUT2D eigenvalue weighted by molar-refractivity contribution is 5.23. The molecular weight excluding hydrogens is 252 g/mol. The Morgan fingerprint density at radius 3 is 2.55 bits per heavy atom. The molecule has 0 aliphatic carbocycles. The van der Waals surface area contributed by atoms with Crippen LogP contribution in [0, 0.1) is 0 Å². The van der Waals surface area contributed by atoms with Crippen LogP contribution in [0.15, 0.2) is 47.5 Å². The van der Waals surface area contributed by atoms with Gasteiger partial charge < -0.3 is 9.42 Å². The van der Waals surface area contributed by atoms with Gasteiger partial charge in [0.1, 0.15) is 0 Å². The molecule has 0 saturated carbocycles. The molecule has 0 amide bonds. The quantitative estimate of drug-likeness (QED) is 0.724. The van der Waals surface area contributed by atoms with Crippen molar-refractivity contribution < 1.29 is 4.52 Å². The molecule has 1 aromatic heterocycles. The number of hydrogen-bond donors (Lipinski definition) is 0. The van der Waals surface area contributed by atoms with E-state index in [1.165, 1.54) is 5.56 Å². The summed E-state index contributed by atoms with van der Waals surface area (Å²) in [4.78, 5) is 8.37. The summed E-state index contributed by atoms with van der Waals surface area (Å²) in [5.74, 6) is 1.21. The number of nitrogens with zero attached hydrogens (tertiary/aromatic N) is 4. The summed E-state index contributed by atoms with van der Waals surface area (Å²) in [6.07, 6.45) is 1.88. The van der Waals surface area contributed by atoms with Crippen molar-refractivity contribution in [3.63, 3.8) is 0 Å². The minimum absolute atomic E-state index is 0.596. The van der Waals surface area contributed by atoms with Crippen LogP contribution in [0.5, 0.6) is 0 Å². The molecule has 5 heteroatoms. The van der Waals surface area contributed by atoms with E-state index in [1.807, 2.05) is 43.3 Å². The predicted molar refractivity (Wildman–Crippen MR) is 79.4 cm³/mol. The summed E-state index contributed by atoms with van der Waals surface area (Å²) in [7, 11) is 3.78. The highest BCUT2D eigenvalue weighted by atomic mass is 16.5. The van der Waals surface area contributed by atoms with Gasteiger partial charge in [0.2, 0.25) is 5.89 Å². The lowest BCUT2D eigenvalue weighted by Crippen LogP contribution is -2.23. The predicted octanol–water partition coefficient (Wildman–Crippen LogP) is 2.32. The molecule has 0 saturated heterocycles. The van der Waals surface area contributed by atoms with Gasteiger partial charge in [-0.3, -0.25) is 4.90 Å². The molecule has 0 fully saturated rings. The van der Waals surface area contributed by atoms with E-state index in [0.29, 0.717) is 18.4 Å². The smallest absolute Gasteiger partial charge is 0.265 e. The maximum Gasteiger partial charge on any atom is 0.265 e. The van der Waals surface area contributed by atoms with Crippen molar-refractivity contribution in [2.45, 2.75) is 13.1 Å². The van der Waals surface area contributed by atoms with Crippen LogP contribution in [0.25, 0.3) is 0 Å². The van der Waals surface area contributed by atoms with Gasteiger partial charge in [-0.05, 0) is 10.7 Å². The molecule has 0 atom stereocenters. The highest BCUT2D eigenvalue weighted by Crippen LogP contribution is 2.11. The van der Waals surface area contributed by atoms with E-state index in [1.54, 1.807) is 0 Å². The second kappa shape index (κ2) is 6.86. The lowest BCUT2D eigenvalue weighted by molar-refractivity contribution is 0.239. The average molecular weight is 272 g/mol. The van der Waals surface area contributed by atoms with Gasteiger partial charge >= 0.3 is 0 Å². The number of anilines is 1. The first kappa shape index (κ1) is 14.3. The Balaban J connectivity index is 2.02. The number of aromatic nitrogens is 2. The molecule has 0 radical (unpaired) electrons. The molecule has 2 rings (SSSR count). The molecular formula is C15H20N4O. The zero-order valence-corrected chi connectivity index (χ0v) is 12.0. The molecule has 1 aromatic carbocycles. The lowest BCUT2D eigenvalue weighted by Gasteiger charge is -2.18. The summed E-state index contributed by atoms with van der Waals surface area (Å²) in [5.41, 5.74) is 1.25. The number of benzene rings is 1. The van der Waals surface area contributed by atoms with Crippen molar-refractivity contribution in [1.82, 2.24) is 15.0 Å². The third kappa shape index (κ3) is 3.93. The van der Waals surface area contributed by atoms with E-state index < -0.39 is 0 Å². The third-order valence-corrected chi connectivity index (χ3v) is 2.85. The topological polar surface area (TPSA) is 45.4 Å². The second-order valence-corrected chi connectivity index (χ2v) is 4.83. The SMILES string of the molecule is C=CCN(Cc1ccccc1)Cc1nc(N(C)C)no1. The fourth-order valence-electron chi connectivity index (χ4n) is 1.89. The monoisotopic (exact) mass is 272 g/mol. The molecule has 0 aliphatic heterocycles. The van der Waals surface area contributed by atoms with Crippen molar-refractivity contribution >= 4 is 5.95 Å². The van der Waals surface area contributed by atoms with Gasteiger partial charge in [-0.1, -0.05) is 36.4 Å². The Morgan fingerprint density at radius 2 is 1.95 bits per heavy atom. The van der Waals surface area contributed by atoms with Gasteiger partial charge in [0.15, 0.2) is 0 Å². The summed E-state index contributed by atoms with van der Waals surface area (Å²) in [5, 5.41) is 3.92.